The summed E-state index contributed by atoms with van der Waals surface area (Å²) in [5, 5.41) is 8.88. The fraction of sp³-hybridized carbons (Fsp3) is 0.500. The Morgan fingerprint density at radius 2 is 1.80 bits per heavy atom. The van der Waals surface area contributed by atoms with Crippen molar-refractivity contribution in [3.63, 3.8) is 0 Å². The van der Waals surface area contributed by atoms with Crippen molar-refractivity contribution in [2.24, 2.45) is 5.92 Å². The molecule has 0 spiro atoms. The molecule has 0 aliphatic heterocycles. The summed E-state index contributed by atoms with van der Waals surface area (Å²) >= 11 is 0. The molecule has 0 fully saturated rings. The molecule has 1 nitrogen and oxygen atoms in total. The SMILES string of the molecule is CCC(C#N)Cc1ccc(C(C)C)cc1. The maximum Gasteiger partial charge on any atom is 0.0659 e. The van der Waals surface area contributed by atoms with Crippen molar-refractivity contribution in [1.82, 2.24) is 0 Å². The number of benzene rings is 1. The topological polar surface area (TPSA) is 23.8 Å². The minimum atomic E-state index is 0.162. The summed E-state index contributed by atoms with van der Waals surface area (Å²) in [6.07, 6.45) is 1.81. The number of rotatable bonds is 4. The van der Waals surface area contributed by atoms with Crippen LogP contribution in [-0.4, -0.2) is 0 Å². The molecule has 1 atom stereocenters. The largest absolute Gasteiger partial charge is 0.198 e. The molecule has 15 heavy (non-hydrogen) atoms. The van der Waals surface area contributed by atoms with E-state index in [-0.39, 0.29) is 5.92 Å². The normalized spacial score (nSPS) is 12.5. The van der Waals surface area contributed by atoms with Crippen LogP contribution in [0.2, 0.25) is 0 Å². The van der Waals surface area contributed by atoms with Crippen molar-refractivity contribution < 1.29 is 0 Å². The number of nitriles is 1. The van der Waals surface area contributed by atoms with Gasteiger partial charge in [0.25, 0.3) is 0 Å². The predicted octanol–water partition coefficient (Wildman–Crippen LogP) is 3.90. The van der Waals surface area contributed by atoms with Gasteiger partial charge in [-0.2, -0.15) is 5.26 Å². The lowest BCUT2D eigenvalue weighted by molar-refractivity contribution is 0.638. The molecule has 80 valence electrons. The van der Waals surface area contributed by atoms with Crippen molar-refractivity contribution >= 4 is 0 Å². The molecule has 0 saturated carbocycles. The van der Waals surface area contributed by atoms with Gasteiger partial charge in [0.15, 0.2) is 0 Å². The molecule has 1 aromatic carbocycles. The Balaban J connectivity index is 2.69. The third-order valence-electron chi connectivity index (χ3n) is 2.80. The number of hydrogen-bond donors (Lipinski definition) is 0. The second kappa shape index (κ2) is 5.56. The Morgan fingerprint density at radius 3 is 2.20 bits per heavy atom. The fourth-order valence-electron chi connectivity index (χ4n) is 1.60. The summed E-state index contributed by atoms with van der Waals surface area (Å²) in [5.74, 6) is 0.742. The predicted molar refractivity (Wildman–Crippen MR) is 63.6 cm³/mol. The molecule has 0 aliphatic carbocycles. The number of hydrogen-bond acceptors (Lipinski definition) is 1. The van der Waals surface area contributed by atoms with E-state index in [1.807, 2.05) is 0 Å². The van der Waals surface area contributed by atoms with Crippen LogP contribution in [-0.2, 0) is 6.42 Å². The zero-order chi connectivity index (χ0) is 11.3. The Kier molecular flexibility index (Phi) is 4.37. The smallest absolute Gasteiger partial charge is 0.0659 e. The highest BCUT2D eigenvalue weighted by atomic mass is 14.3. The van der Waals surface area contributed by atoms with Crippen molar-refractivity contribution in [1.29, 1.82) is 5.26 Å². The molecule has 1 rings (SSSR count). The first-order valence-electron chi connectivity index (χ1n) is 5.65. The van der Waals surface area contributed by atoms with E-state index in [4.69, 9.17) is 5.26 Å². The van der Waals surface area contributed by atoms with Gasteiger partial charge in [-0.3, -0.25) is 0 Å². The van der Waals surface area contributed by atoms with Gasteiger partial charge < -0.3 is 0 Å². The van der Waals surface area contributed by atoms with Crippen LogP contribution in [0.1, 0.15) is 44.2 Å². The fourth-order valence-corrected chi connectivity index (χ4v) is 1.60. The second-order valence-corrected chi connectivity index (χ2v) is 4.33. The average Bonchev–Trinajstić information content (AvgIpc) is 2.26. The zero-order valence-corrected chi connectivity index (χ0v) is 9.83. The Labute approximate surface area is 92.7 Å². The molecule has 0 aromatic heterocycles. The summed E-state index contributed by atoms with van der Waals surface area (Å²) in [7, 11) is 0. The molecule has 0 N–H and O–H groups in total. The van der Waals surface area contributed by atoms with Gasteiger partial charge >= 0.3 is 0 Å². The third kappa shape index (κ3) is 3.40. The van der Waals surface area contributed by atoms with E-state index >= 15 is 0 Å². The molecule has 0 bridgehead atoms. The van der Waals surface area contributed by atoms with E-state index in [1.165, 1.54) is 11.1 Å². The average molecular weight is 201 g/mol. The summed E-state index contributed by atoms with van der Waals surface area (Å²) in [4.78, 5) is 0. The van der Waals surface area contributed by atoms with Crippen molar-refractivity contribution in [3.05, 3.63) is 35.4 Å². The minimum absolute atomic E-state index is 0.162. The summed E-state index contributed by atoms with van der Waals surface area (Å²) in [6.45, 7) is 6.45. The van der Waals surface area contributed by atoms with Crippen LogP contribution >= 0.6 is 0 Å². The maximum absolute atomic E-state index is 8.88. The van der Waals surface area contributed by atoms with Crippen molar-refractivity contribution in [3.8, 4) is 6.07 Å². The van der Waals surface area contributed by atoms with Crippen LogP contribution in [0.25, 0.3) is 0 Å². The minimum Gasteiger partial charge on any atom is -0.198 e. The Hall–Kier alpha value is -1.29. The highest BCUT2D eigenvalue weighted by molar-refractivity contribution is 5.25. The van der Waals surface area contributed by atoms with Crippen LogP contribution < -0.4 is 0 Å². The third-order valence-corrected chi connectivity index (χ3v) is 2.80. The molecule has 1 heteroatoms. The van der Waals surface area contributed by atoms with Gasteiger partial charge in [-0.05, 0) is 29.9 Å². The Bertz CT molecular complexity index is 329. The monoisotopic (exact) mass is 201 g/mol. The summed E-state index contributed by atoms with van der Waals surface area (Å²) in [6, 6.07) is 11.0. The lowest BCUT2D eigenvalue weighted by Crippen LogP contribution is -2.00. The summed E-state index contributed by atoms with van der Waals surface area (Å²) < 4.78 is 0. The van der Waals surface area contributed by atoms with E-state index in [1.54, 1.807) is 0 Å². The van der Waals surface area contributed by atoms with Gasteiger partial charge in [0.1, 0.15) is 0 Å². The molecule has 0 radical (unpaired) electrons. The van der Waals surface area contributed by atoms with Crippen molar-refractivity contribution in [2.45, 2.75) is 39.5 Å². The molecule has 0 saturated heterocycles. The molecule has 0 aliphatic rings. The lowest BCUT2D eigenvalue weighted by atomic mass is 9.95. The van der Waals surface area contributed by atoms with Crippen LogP contribution in [0.15, 0.2) is 24.3 Å². The van der Waals surface area contributed by atoms with E-state index in [0.717, 1.165) is 12.8 Å². The van der Waals surface area contributed by atoms with Gasteiger partial charge in [-0.25, -0.2) is 0 Å². The van der Waals surface area contributed by atoms with E-state index < -0.39 is 0 Å². The van der Waals surface area contributed by atoms with E-state index in [0.29, 0.717) is 5.92 Å². The summed E-state index contributed by atoms with van der Waals surface area (Å²) in [5.41, 5.74) is 2.64. The van der Waals surface area contributed by atoms with Gasteiger partial charge in [0.2, 0.25) is 0 Å². The molecular formula is C14H19N. The molecule has 1 unspecified atom stereocenters. The van der Waals surface area contributed by atoms with E-state index in [2.05, 4.69) is 51.1 Å². The first-order valence-corrected chi connectivity index (χ1v) is 5.65. The Morgan fingerprint density at radius 1 is 1.20 bits per heavy atom. The highest BCUT2D eigenvalue weighted by Crippen LogP contribution is 2.17. The molecule has 0 amide bonds. The first kappa shape index (κ1) is 11.8. The van der Waals surface area contributed by atoms with E-state index in [9.17, 15) is 0 Å². The highest BCUT2D eigenvalue weighted by Gasteiger charge is 2.06. The first-order chi connectivity index (χ1) is 7.17. The molecule has 0 heterocycles. The number of nitrogens with zero attached hydrogens (tertiary/aromatic N) is 1. The zero-order valence-electron chi connectivity index (χ0n) is 9.83. The van der Waals surface area contributed by atoms with Crippen LogP contribution in [0.3, 0.4) is 0 Å². The van der Waals surface area contributed by atoms with Crippen molar-refractivity contribution in [2.75, 3.05) is 0 Å². The van der Waals surface area contributed by atoms with Gasteiger partial charge in [-0.1, -0.05) is 45.0 Å². The van der Waals surface area contributed by atoms with Gasteiger partial charge in [0, 0.05) is 0 Å². The van der Waals surface area contributed by atoms with Gasteiger partial charge in [-0.15, -0.1) is 0 Å². The van der Waals surface area contributed by atoms with Crippen LogP contribution in [0.4, 0.5) is 0 Å². The standard InChI is InChI=1S/C14H19N/c1-4-12(10-15)9-13-5-7-14(8-6-13)11(2)3/h5-8,11-12H,4,9H2,1-3H3. The molecule has 1 aromatic rings. The quantitative estimate of drug-likeness (QED) is 0.724. The molecular weight excluding hydrogens is 182 g/mol. The van der Waals surface area contributed by atoms with Crippen LogP contribution in [0, 0.1) is 17.2 Å². The maximum atomic E-state index is 8.88. The lowest BCUT2D eigenvalue weighted by Gasteiger charge is -2.08. The second-order valence-electron chi connectivity index (χ2n) is 4.33. The van der Waals surface area contributed by atoms with Crippen LogP contribution in [0.5, 0.6) is 0 Å². The van der Waals surface area contributed by atoms with Gasteiger partial charge in [0.05, 0.1) is 12.0 Å².